The van der Waals surface area contributed by atoms with E-state index >= 15 is 0 Å². The van der Waals surface area contributed by atoms with Crippen molar-refractivity contribution in [3.05, 3.63) is 53.6 Å². The van der Waals surface area contributed by atoms with Crippen molar-refractivity contribution in [2.45, 2.75) is 33.1 Å². The van der Waals surface area contributed by atoms with Crippen LogP contribution in [0, 0.1) is 6.92 Å². The van der Waals surface area contributed by atoms with E-state index in [1.165, 1.54) is 5.56 Å². The second kappa shape index (κ2) is 4.96. The zero-order valence-corrected chi connectivity index (χ0v) is 12.0. The van der Waals surface area contributed by atoms with Gasteiger partial charge in [0.2, 0.25) is 0 Å². The summed E-state index contributed by atoms with van der Waals surface area (Å²) in [7, 11) is 0. The van der Waals surface area contributed by atoms with Crippen molar-refractivity contribution in [1.82, 2.24) is 0 Å². The van der Waals surface area contributed by atoms with E-state index in [9.17, 15) is 0 Å². The molecule has 0 heterocycles. The quantitative estimate of drug-likeness (QED) is 0.792. The van der Waals surface area contributed by atoms with Crippen molar-refractivity contribution >= 4 is 5.69 Å². The van der Waals surface area contributed by atoms with Crippen LogP contribution < -0.4 is 10.5 Å². The van der Waals surface area contributed by atoms with Crippen molar-refractivity contribution in [1.29, 1.82) is 0 Å². The van der Waals surface area contributed by atoms with E-state index in [0.29, 0.717) is 11.4 Å². The maximum atomic E-state index is 5.89. The third kappa shape index (κ3) is 3.08. The Balaban J connectivity index is 2.30. The number of ether oxygens (including phenoxy) is 1. The molecule has 2 N–H and O–H groups in total. The molecule has 0 unspecified atom stereocenters. The Morgan fingerprint density at radius 3 is 2.21 bits per heavy atom. The first-order chi connectivity index (χ1) is 8.88. The summed E-state index contributed by atoms with van der Waals surface area (Å²) in [4.78, 5) is 0. The molecular weight excluding hydrogens is 234 g/mol. The zero-order chi connectivity index (χ0) is 14.0. The minimum Gasteiger partial charge on any atom is -0.455 e. The molecule has 0 fully saturated rings. The Labute approximate surface area is 115 Å². The van der Waals surface area contributed by atoms with Crippen molar-refractivity contribution in [2.75, 3.05) is 5.73 Å². The number of nitrogens with two attached hydrogens (primary N) is 1. The van der Waals surface area contributed by atoms with Crippen molar-refractivity contribution in [3.8, 4) is 11.5 Å². The van der Waals surface area contributed by atoms with Crippen molar-refractivity contribution in [2.24, 2.45) is 0 Å². The van der Waals surface area contributed by atoms with Gasteiger partial charge in [0.1, 0.15) is 11.5 Å². The maximum absolute atomic E-state index is 5.89. The molecular formula is C17H21NO. The first-order valence-electron chi connectivity index (χ1n) is 6.51. The summed E-state index contributed by atoms with van der Waals surface area (Å²) in [5, 5.41) is 0. The Bertz CT molecular complexity index is 582. The number of benzene rings is 2. The fourth-order valence-corrected chi connectivity index (χ4v) is 1.92. The summed E-state index contributed by atoms with van der Waals surface area (Å²) >= 11 is 0. The monoisotopic (exact) mass is 255 g/mol. The van der Waals surface area contributed by atoms with Crippen LogP contribution in [-0.2, 0) is 5.41 Å². The van der Waals surface area contributed by atoms with Crippen LogP contribution in [0.15, 0.2) is 42.5 Å². The minimum atomic E-state index is 0.148. The van der Waals surface area contributed by atoms with Crippen LogP contribution in [0.2, 0.25) is 0 Å². The van der Waals surface area contributed by atoms with Gasteiger partial charge in [0, 0.05) is 0 Å². The molecule has 0 aromatic heterocycles. The van der Waals surface area contributed by atoms with Crippen LogP contribution in [0.3, 0.4) is 0 Å². The summed E-state index contributed by atoms with van der Waals surface area (Å²) in [5.41, 5.74) is 9.12. The Morgan fingerprint density at radius 1 is 0.947 bits per heavy atom. The summed E-state index contributed by atoms with van der Waals surface area (Å²) in [5.74, 6) is 1.56. The molecule has 0 aliphatic rings. The highest BCUT2D eigenvalue weighted by Crippen LogP contribution is 2.32. The number of hydrogen-bond donors (Lipinski definition) is 1. The molecule has 0 saturated carbocycles. The van der Waals surface area contributed by atoms with Crippen LogP contribution in [0.1, 0.15) is 31.9 Å². The molecule has 0 radical (unpaired) electrons. The van der Waals surface area contributed by atoms with Gasteiger partial charge >= 0.3 is 0 Å². The summed E-state index contributed by atoms with van der Waals surface area (Å²) in [6, 6.07) is 13.8. The van der Waals surface area contributed by atoms with Crippen molar-refractivity contribution in [3.63, 3.8) is 0 Å². The number of hydrogen-bond acceptors (Lipinski definition) is 2. The van der Waals surface area contributed by atoms with Crippen LogP contribution in [0.5, 0.6) is 11.5 Å². The van der Waals surface area contributed by atoms with Gasteiger partial charge in [0.25, 0.3) is 0 Å². The SMILES string of the molecule is Cc1cc(C(C)(C)C)ccc1Oc1ccccc1N. The lowest BCUT2D eigenvalue weighted by Gasteiger charge is -2.20. The van der Waals surface area contributed by atoms with E-state index in [1.807, 2.05) is 30.3 Å². The summed E-state index contributed by atoms with van der Waals surface area (Å²) < 4.78 is 5.88. The van der Waals surface area contributed by atoms with Gasteiger partial charge in [-0.25, -0.2) is 0 Å². The fraction of sp³-hybridized carbons (Fsp3) is 0.294. The number of anilines is 1. The lowest BCUT2D eigenvalue weighted by Crippen LogP contribution is -2.11. The molecule has 2 aromatic carbocycles. The molecule has 2 aromatic rings. The zero-order valence-electron chi connectivity index (χ0n) is 12.0. The summed E-state index contributed by atoms with van der Waals surface area (Å²) in [6.07, 6.45) is 0. The average Bonchev–Trinajstić information content (AvgIpc) is 2.33. The average molecular weight is 255 g/mol. The molecule has 2 nitrogen and oxygen atoms in total. The number of aryl methyl sites for hydroxylation is 1. The van der Waals surface area contributed by atoms with E-state index in [-0.39, 0.29) is 5.41 Å². The fourth-order valence-electron chi connectivity index (χ4n) is 1.92. The van der Waals surface area contributed by atoms with Gasteiger partial charge in [-0.3, -0.25) is 0 Å². The lowest BCUT2D eigenvalue weighted by atomic mass is 9.86. The number of nitrogen functional groups attached to an aromatic ring is 1. The lowest BCUT2D eigenvalue weighted by molar-refractivity contribution is 0.480. The molecule has 0 amide bonds. The first kappa shape index (κ1) is 13.5. The van der Waals surface area contributed by atoms with Crippen molar-refractivity contribution < 1.29 is 4.74 Å². The molecule has 0 aliphatic carbocycles. The van der Waals surface area contributed by atoms with E-state index in [4.69, 9.17) is 10.5 Å². The van der Waals surface area contributed by atoms with E-state index in [2.05, 4.69) is 39.8 Å². The highest BCUT2D eigenvalue weighted by atomic mass is 16.5. The predicted molar refractivity (Wildman–Crippen MR) is 80.8 cm³/mol. The van der Waals surface area contributed by atoms with Crippen LogP contribution in [0.25, 0.3) is 0 Å². The van der Waals surface area contributed by atoms with Gasteiger partial charge in [-0.15, -0.1) is 0 Å². The molecule has 19 heavy (non-hydrogen) atoms. The standard InChI is InChI=1S/C17H21NO/c1-12-11-13(17(2,3)4)9-10-15(12)19-16-8-6-5-7-14(16)18/h5-11H,18H2,1-4H3. The minimum absolute atomic E-state index is 0.148. The first-order valence-corrected chi connectivity index (χ1v) is 6.51. The number of rotatable bonds is 2. The second-order valence-corrected chi connectivity index (χ2v) is 5.87. The molecule has 2 heteroatoms. The van der Waals surface area contributed by atoms with Crippen LogP contribution >= 0.6 is 0 Å². The normalized spacial score (nSPS) is 11.4. The Hall–Kier alpha value is -1.96. The van der Waals surface area contributed by atoms with Gasteiger partial charge in [-0.05, 0) is 41.7 Å². The highest BCUT2D eigenvalue weighted by molar-refractivity contribution is 5.54. The Kier molecular flexibility index (Phi) is 3.52. The molecule has 0 saturated heterocycles. The third-order valence-electron chi connectivity index (χ3n) is 3.18. The van der Waals surface area contributed by atoms with Gasteiger partial charge in [-0.2, -0.15) is 0 Å². The van der Waals surface area contributed by atoms with E-state index in [1.54, 1.807) is 0 Å². The van der Waals surface area contributed by atoms with E-state index < -0.39 is 0 Å². The maximum Gasteiger partial charge on any atom is 0.150 e. The largest absolute Gasteiger partial charge is 0.455 e. The molecule has 0 aliphatic heterocycles. The van der Waals surface area contributed by atoms with Gasteiger partial charge < -0.3 is 10.5 Å². The molecule has 0 spiro atoms. The predicted octanol–water partition coefficient (Wildman–Crippen LogP) is 4.67. The van der Waals surface area contributed by atoms with Gasteiger partial charge in [0.15, 0.2) is 0 Å². The van der Waals surface area contributed by atoms with Gasteiger partial charge in [0.05, 0.1) is 5.69 Å². The summed E-state index contributed by atoms with van der Waals surface area (Å²) in [6.45, 7) is 8.68. The topological polar surface area (TPSA) is 35.2 Å². The third-order valence-corrected chi connectivity index (χ3v) is 3.18. The molecule has 2 rings (SSSR count). The second-order valence-electron chi connectivity index (χ2n) is 5.87. The van der Waals surface area contributed by atoms with Crippen LogP contribution in [0.4, 0.5) is 5.69 Å². The van der Waals surface area contributed by atoms with Gasteiger partial charge in [-0.1, -0.05) is 45.0 Å². The van der Waals surface area contributed by atoms with E-state index in [0.717, 1.165) is 11.3 Å². The van der Waals surface area contributed by atoms with Crippen LogP contribution in [-0.4, -0.2) is 0 Å². The Morgan fingerprint density at radius 2 is 1.63 bits per heavy atom. The molecule has 100 valence electrons. The highest BCUT2D eigenvalue weighted by Gasteiger charge is 2.15. The molecule has 0 atom stereocenters. The number of para-hydroxylation sites is 2. The molecule has 0 bridgehead atoms. The smallest absolute Gasteiger partial charge is 0.150 e.